The summed E-state index contributed by atoms with van der Waals surface area (Å²) in [6, 6.07) is 13.4. The van der Waals surface area contributed by atoms with E-state index in [4.69, 9.17) is 11.6 Å². The van der Waals surface area contributed by atoms with Gasteiger partial charge in [-0.3, -0.25) is 14.4 Å². The summed E-state index contributed by atoms with van der Waals surface area (Å²) in [6.45, 7) is 0.481. The zero-order valence-corrected chi connectivity index (χ0v) is 20.1. The van der Waals surface area contributed by atoms with Gasteiger partial charge in [-0.1, -0.05) is 11.6 Å². The second-order valence-corrected chi connectivity index (χ2v) is 10.9. The number of hydrogen-bond acceptors (Lipinski definition) is 5. The number of amides is 3. The number of nitrogens with zero attached hydrogens (tertiary/aromatic N) is 2. The van der Waals surface area contributed by atoms with Crippen LogP contribution in [0.3, 0.4) is 0 Å². The minimum atomic E-state index is -3.59. The number of anilines is 3. The van der Waals surface area contributed by atoms with E-state index in [1.807, 2.05) is 0 Å². The lowest BCUT2D eigenvalue weighted by Crippen LogP contribution is -2.35. The van der Waals surface area contributed by atoms with E-state index in [9.17, 15) is 22.8 Å². The lowest BCUT2D eigenvalue weighted by atomic mass is 9.94. The Morgan fingerprint density at radius 2 is 1.41 bits per heavy atom. The molecule has 11 heteroatoms. The molecule has 2 heterocycles. The quantitative estimate of drug-likeness (QED) is 0.627. The van der Waals surface area contributed by atoms with Crippen LogP contribution in [0, 0.1) is 11.8 Å². The van der Waals surface area contributed by atoms with E-state index in [0.717, 1.165) is 22.7 Å². The van der Waals surface area contributed by atoms with Gasteiger partial charge in [-0.25, -0.2) is 12.7 Å². The van der Waals surface area contributed by atoms with Crippen molar-refractivity contribution in [2.75, 3.05) is 41.4 Å². The Kier molecular flexibility index (Phi) is 6.92. The average molecular weight is 505 g/mol. The minimum Gasteiger partial charge on any atom is -0.326 e. The molecule has 0 unspecified atom stereocenters. The maximum atomic E-state index is 13.1. The summed E-state index contributed by atoms with van der Waals surface area (Å²) in [5, 5.41) is 6.03. The lowest BCUT2D eigenvalue weighted by Gasteiger charge is -2.19. The largest absolute Gasteiger partial charge is 0.326 e. The van der Waals surface area contributed by atoms with Crippen molar-refractivity contribution in [1.82, 2.24) is 4.31 Å². The fourth-order valence-electron chi connectivity index (χ4n) is 4.22. The van der Waals surface area contributed by atoms with E-state index < -0.39 is 33.7 Å². The van der Waals surface area contributed by atoms with Gasteiger partial charge >= 0.3 is 0 Å². The first-order chi connectivity index (χ1) is 16.1. The van der Waals surface area contributed by atoms with Gasteiger partial charge in [0.15, 0.2) is 0 Å². The van der Waals surface area contributed by atoms with Crippen molar-refractivity contribution in [2.24, 2.45) is 11.8 Å². The first kappa shape index (κ1) is 24.2. The normalized spacial score (nSPS) is 21.0. The molecule has 3 amide bonds. The third-order valence-corrected chi connectivity index (χ3v) is 7.55. The SMILES string of the molecule is CS(=O)(=O)N1C[C@H](C(=O)Nc2ccc(Cl)cc2)[C@@H](C(=O)Nc2ccc(N3CCCC3=O)cc2)C1. The maximum absolute atomic E-state index is 13.1. The average Bonchev–Trinajstić information content (AvgIpc) is 3.43. The van der Waals surface area contributed by atoms with Crippen molar-refractivity contribution in [3.05, 3.63) is 53.6 Å². The lowest BCUT2D eigenvalue weighted by molar-refractivity contribution is -0.127. The number of halogens is 1. The molecule has 0 aliphatic carbocycles. The zero-order chi connectivity index (χ0) is 24.5. The molecule has 34 heavy (non-hydrogen) atoms. The van der Waals surface area contributed by atoms with Gasteiger partial charge in [0.1, 0.15) is 0 Å². The maximum Gasteiger partial charge on any atom is 0.229 e. The number of carbonyl (C=O) groups excluding carboxylic acids is 3. The summed E-state index contributed by atoms with van der Waals surface area (Å²) in [4.78, 5) is 39.7. The van der Waals surface area contributed by atoms with E-state index in [1.54, 1.807) is 53.4 Å². The molecule has 0 radical (unpaired) electrons. The molecule has 2 aliphatic heterocycles. The van der Waals surface area contributed by atoms with Crippen LogP contribution in [0.15, 0.2) is 48.5 Å². The van der Waals surface area contributed by atoms with E-state index in [-0.39, 0.29) is 19.0 Å². The van der Waals surface area contributed by atoms with Crippen molar-refractivity contribution < 1.29 is 22.8 Å². The van der Waals surface area contributed by atoms with Crippen LogP contribution in [0.1, 0.15) is 12.8 Å². The molecule has 0 bridgehead atoms. The Morgan fingerprint density at radius 1 is 0.912 bits per heavy atom. The van der Waals surface area contributed by atoms with Crippen molar-refractivity contribution in [3.8, 4) is 0 Å². The third-order valence-electron chi connectivity index (χ3n) is 6.06. The van der Waals surface area contributed by atoms with Gasteiger partial charge in [0.25, 0.3) is 0 Å². The fraction of sp³-hybridized carbons (Fsp3) is 0.348. The summed E-state index contributed by atoms with van der Waals surface area (Å²) in [7, 11) is -3.59. The number of rotatable bonds is 6. The predicted molar refractivity (Wildman–Crippen MR) is 130 cm³/mol. The van der Waals surface area contributed by atoms with Crippen LogP contribution in [0.2, 0.25) is 5.02 Å². The van der Waals surface area contributed by atoms with Crippen LogP contribution in [0.25, 0.3) is 0 Å². The first-order valence-corrected chi connectivity index (χ1v) is 13.1. The Morgan fingerprint density at radius 3 is 1.85 bits per heavy atom. The first-order valence-electron chi connectivity index (χ1n) is 10.8. The molecule has 4 rings (SSSR count). The number of carbonyl (C=O) groups is 3. The molecular weight excluding hydrogens is 480 g/mol. The molecule has 0 saturated carbocycles. The summed E-state index contributed by atoms with van der Waals surface area (Å²) in [5.41, 5.74) is 1.75. The number of sulfonamides is 1. The number of hydrogen-bond donors (Lipinski definition) is 2. The molecular formula is C23H25ClN4O5S. The Bertz CT molecular complexity index is 1200. The van der Waals surface area contributed by atoms with Gasteiger partial charge in [0, 0.05) is 48.1 Å². The molecule has 2 saturated heterocycles. The van der Waals surface area contributed by atoms with E-state index >= 15 is 0 Å². The van der Waals surface area contributed by atoms with Crippen LogP contribution in [-0.4, -0.2) is 56.3 Å². The summed E-state index contributed by atoms with van der Waals surface area (Å²) >= 11 is 5.88. The van der Waals surface area contributed by atoms with Gasteiger partial charge in [-0.05, 0) is 55.0 Å². The van der Waals surface area contributed by atoms with Gasteiger partial charge in [-0.15, -0.1) is 0 Å². The van der Waals surface area contributed by atoms with Gasteiger partial charge in [0.05, 0.1) is 18.1 Å². The second kappa shape index (κ2) is 9.73. The fourth-order valence-corrected chi connectivity index (χ4v) is 5.21. The van der Waals surface area contributed by atoms with Crippen LogP contribution >= 0.6 is 11.6 Å². The van der Waals surface area contributed by atoms with Gasteiger partial charge < -0.3 is 15.5 Å². The molecule has 2 atom stereocenters. The van der Waals surface area contributed by atoms with Crippen LogP contribution in [0.5, 0.6) is 0 Å². The summed E-state index contributed by atoms with van der Waals surface area (Å²) in [6.07, 6.45) is 2.39. The zero-order valence-electron chi connectivity index (χ0n) is 18.5. The molecule has 180 valence electrons. The molecule has 9 nitrogen and oxygen atoms in total. The Labute approximate surface area is 203 Å². The number of benzene rings is 2. The molecule has 2 N–H and O–H groups in total. The summed E-state index contributed by atoms with van der Waals surface area (Å²) < 4.78 is 25.4. The summed E-state index contributed by atoms with van der Waals surface area (Å²) in [5.74, 6) is -2.57. The van der Waals surface area contributed by atoms with Gasteiger partial charge in [-0.2, -0.15) is 0 Å². The highest BCUT2D eigenvalue weighted by atomic mass is 35.5. The second-order valence-electron chi connectivity index (χ2n) is 8.47. The minimum absolute atomic E-state index is 0.0677. The molecule has 0 spiro atoms. The highest BCUT2D eigenvalue weighted by molar-refractivity contribution is 7.88. The van der Waals surface area contributed by atoms with E-state index in [1.165, 1.54) is 0 Å². The predicted octanol–water partition coefficient (Wildman–Crippen LogP) is 2.55. The standard InChI is InChI=1S/C23H25ClN4O5S/c1-34(32,33)27-13-19(22(30)25-16-6-4-15(24)5-7-16)20(14-27)23(31)26-17-8-10-18(11-9-17)28-12-2-3-21(28)29/h4-11,19-20H,2-3,12-14H2,1H3,(H,25,30)(H,26,31)/t19-,20-/m0/s1. The topological polar surface area (TPSA) is 116 Å². The van der Waals surface area contributed by atoms with Crippen LogP contribution in [0.4, 0.5) is 17.1 Å². The molecule has 2 aliphatic rings. The van der Waals surface area contributed by atoms with Gasteiger partial charge in [0.2, 0.25) is 27.7 Å². The smallest absolute Gasteiger partial charge is 0.229 e. The highest BCUT2D eigenvalue weighted by Gasteiger charge is 2.44. The van der Waals surface area contributed by atoms with Crippen LogP contribution in [-0.2, 0) is 24.4 Å². The van der Waals surface area contributed by atoms with Crippen molar-refractivity contribution >= 4 is 56.4 Å². The highest BCUT2D eigenvalue weighted by Crippen LogP contribution is 2.29. The monoisotopic (exact) mass is 504 g/mol. The number of nitrogens with one attached hydrogen (secondary N) is 2. The van der Waals surface area contributed by atoms with E-state index in [0.29, 0.717) is 29.4 Å². The molecule has 2 aromatic carbocycles. The molecule has 0 aromatic heterocycles. The van der Waals surface area contributed by atoms with Crippen LogP contribution < -0.4 is 15.5 Å². The molecule has 2 fully saturated rings. The Balaban J connectivity index is 1.48. The van der Waals surface area contributed by atoms with Crippen molar-refractivity contribution in [3.63, 3.8) is 0 Å². The van der Waals surface area contributed by atoms with Crippen molar-refractivity contribution in [1.29, 1.82) is 0 Å². The van der Waals surface area contributed by atoms with Crippen molar-refractivity contribution in [2.45, 2.75) is 12.8 Å². The molecule has 2 aromatic rings. The Hall–Kier alpha value is -2.95. The third kappa shape index (κ3) is 5.40. The van der Waals surface area contributed by atoms with E-state index in [2.05, 4.69) is 10.6 Å².